The molecular formula is C13H13BrCl2N2. The predicted molar refractivity (Wildman–Crippen MR) is 83.1 cm³/mol. The molecule has 0 aliphatic heterocycles. The monoisotopic (exact) mass is 346 g/mol. The molecular weight excluding hydrogens is 335 g/mol. The molecule has 2 nitrogen and oxygen atoms in total. The predicted octanol–water partition coefficient (Wildman–Crippen LogP) is 5.22. The number of benzene rings is 1. The smallest absolute Gasteiger partial charge is 0.0928 e. The number of nitrogens with one attached hydrogen (secondary N) is 1. The van der Waals surface area contributed by atoms with Gasteiger partial charge in [0, 0.05) is 28.3 Å². The molecule has 0 atom stereocenters. The Kier molecular flexibility index (Phi) is 4.05. The fraction of sp³-hybridized carbons (Fsp3) is 0.308. The summed E-state index contributed by atoms with van der Waals surface area (Å²) in [5, 5.41) is 5.20. The van der Waals surface area contributed by atoms with E-state index in [2.05, 4.69) is 40.1 Å². The Morgan fingerprint density at radius 2 is 2.00 bits per heavy atom. The van der Waals surface area contributed by atoms with Gasteiger partial charge in [-0.15, -0.1) is 0 Å². The summed E-state index contributed by atoms with van der Waals surface area (Å²) in [4.78, 5) is 4.63. The summed E-state index contributed by atoms with van der Waals surface area (Å²) in [6.45, 7) is 4.14. The Morgan fingerprint density at radius 1 is 1.33 bits per heavy atom. The normalized spacial score (nSPS) is 11.0. The van der Waals surface area contributed by atoms with Crippen LogP contribution in [0.5, 0.6) is 0 Å². The van der Waals surface area contributed by atoms with Gasteiger partial charge in [-0.25, -0.2) is 0 Å². The van der Waals surface area contributed by atoms with E-state index in [-0.39, 0.29) is 0 Å². The fourth-order valence-electron chi connectivity index (χ4n) is 2.12. The van der Waals surface area contributed by atoms with Crippen molar-refractivity contribution in [2.24, 2.45) is 0 Å². The second-order valence-corrected chi connectivity index (χ2v) is 5.65. The molecule has 1 aromatic carbocycles. The Balaban J connectivity index is 2.97. The highest BCUT2D eigenvalue weighted by Gasteiger charge is 2.16. The number of halogens is 3. The maximum Gasteiger partial charge on any atom is 0.0928 e. The Bertz CT molecular complexity index is 626. The average Bonchev–Trinajstić information content (AvgIpc) is 2.36. The van der Waals surface area contributed by atoms with Crippen molar-refractivity contribution in [3.05, 3.63) is 31.8 Å². The first kappa shape index (κ1) is 13.9. The van der Waals surface area contributed by atoms with Gasteiger partial charge in [0.1, 0.15) is 0 Å². The summed E-state index contributed by atoms with van der Waals surface area (Å²) in [7, 11) is 1.90. The average molecular weight is 348 g/mol. The number of hydrogen-bond donors (Lipinski definition) is 1. The van der Waals surface area contributed by atoms with Gasteiger partial charge in [0.25, 0.3) is 0 Å². The molecule has 0 bridgehead atoms. The van der Waals surface area contributed by atoms with Crippen molar-refractivity contribution in [3.63, 3.8) is 0 Å². The lowest BCUT2D eigenvalue weighted by atomic mass is 10.1. The summed E-state index contributed by atoms with van der Waals surface area (Å²) in [6, 6.07) is 1.95. The zero-order chi connectivity index (χ0) is 13.4. The first-order valence-corrected chi connectivity index (χ1v) is 7.20. The summed E-state index contributed by atoms with van der Waals surface area (Å²) in [5.74, 6) is 0. The Morgan fingerprint density at radius 3 is 2.56 bits per heavy atom. The van der Waals surface area contributed by atoms with E-state index < -0.39 is 0 Å². The van der Waals surface area contributed by atoms with Gasteiger partial charge in [-0.1, -0.05) is 30.1 Å². The largest absolute Gasteiger partial charge is 0.387 e. The summed E-state index contributed by atoms with van der Waals surface area (Å²) >= 11 is 15.9. The molecule has 1 aromatic heterocycles. The van der Waals surface area contributed by atoms with E-state index in [1.54, 1.807) is 0 Å². The highest BCUT2D eigenvalue weighted by Crippen LogP contribution is 2.40. The van der Waals surface area contributed by atoms with Crippen molar-refractivity contribution >= 4 is 55.7 Å². The molecule has 0 amide bonds. The van der Waals surface area contributed by atoms with Crippen molar-refractivity contribution in [2.45, 2.75) is 20.3 Å². The number of rotatable bonds is 2. The van der Waals surface area contributed by atoms with Crippen molar-refractivity contribution < 1.29 is 0 Å². The van der Waals surface area contributed by atoms with Crippen LogP contribution in [0.15, 0.2) is 10.5 Å². The Labute approximate surface area is 125 Å². The van der Waals surface area contributed by atoms with Gasteiger partial charge < -0.3 is 5.32 Å². The summed E-state index contributed by atoms with van der Waals surface area (Å²) in [6.07, 6.45) is 0.862. The lowest BCUT2D eigenvalue weighted by Gasteiger charge is -2.15. The van der Waals surface area contributed by atoms with Gasteiger partial charge >= 0.3 is 0 Å². The van der Waals surface area contributed by atoms with E-state index in [0.29, 0.717) is 10.0 Å². The quantitative estimate of drug-likeness (QED) is 0.753. The molecule has 1 N–H and O–H groups in total. The van der Waals surface area contributed by atoms with E-state index in [4.69, 9.17) is 23.2 Å². The minimum atomic E-state index is 0.493. The number of nitrogens with zero attached hydrogens (tertiary/aromatic N) is 1. The van der Waals surface area contributed by atoms with Crippen LogP contribution in [0.4, 0.5) is 5.69 Å². The van der Waals surface area contributed by atoms with Crippen molar-refractivity contribution in [3.8, 4) is 0 Å². The van der Waals surface area contributed by atoms with Crippen LogP contribution in [-0.4, -0.2) is 12.0 Å². The molecule has 0 radical (unpaired) electrons. The molecule has 0 saturated carbocycles. The molecule has 0 unspecified atom stereocenters. The highest BCUT2D eigenvalue weighted by molar-refractivity contribution is 9.10. The molecule has 0 saturated heterocycles. The van der Waals surface area contributed by atoms with Crippen molar-refractivity contribution in [1.29, 1.82) is 0 Å². The number of fused-ring (bicyclic) bond motifs is 1. The van der Waals surface area contributed by atoms with Gasteiger partial charge in [-0.05, 0) is 40.9 Å². The van der Waals surface area contributed by atoms with Gasteiger partial charge in [0.05, 0.1) is 15.6 Å². The Hall–Kier alpha value is -0.510. The third-order valence-corrected chi connectivity index (χ3v) is 4.76. The molecule has 5 heteroatoms. The zero-order valence-electron chi connectivity index (χ0n) is 10.4. The standard InChI is InChI=1S/C13H13BrCl2N2/c1-4-9-6(2)12(17-3)7-5-8(14)10(15)11(16)13(7)18-9/h5H,4H2,1-3H3,(H,17,18). The van der Waals surface area contributed by atoms with Gasteiger partial charge in [0.2, 0.25) is 0 Å². The fourth-order valence-corrected chi connectivity index (χ4v) is 3.05. The van der Waals surface area contributed by atoms with Crippen LogP contribution in [0.25, 0.3) is 10.9 Å². The molecule has 2 aromatic rings. The SMILES string of the molecule is CCc1nc2c(Cl)c(Cl)c(Br)cc2c(NC)c1C. The van der Waals surface area contributed by atoms with E-state index in [1.165, 1.54) is 0 Å². The van der Waals surface area contributed by atoms with Crippen LogP contribution >= 0.6 is 39.1 Å². The molecule has 96 valence electrons. The highest BCUT2D eigenvalue weighted by atomic mass is 79.9. The second-order valence-electron chi connectivity index (χ2n) is 4.04. The van der Waals surface area contributed by atoms with E-state index in [9.17, 15) is 0 Å². The maximum absolute atomic E-state index is 6.29. The minimum absolute atomic E-state index is 0.493. The van der Waals surface area contributed by atoms with Crippen molar-refractivity contribution in [1.82, 2.24) is 4.98 Å². The van der Waals surface area contributed by atoms with E-state index in [1.807, 2.05) is 13.1 Å². The molecule has 18 heavy (non-hydrogen) atoms. The molecule has 0 spiro atoms. The van der Waals surface area contributed by atoms with Crippen molar-refractivity contribution in [2.75, 3.05) is 12.4 Å². The van der Waals surface area contributed by atoms with E-state index >= 15 is 0 Å². The van der Waals surface area contributed by atoms with Crippen LogP contribution in [0.1, 0.15) is 18.2 Å². The number of hydrogen-bond acceptors (Lipinski definition) is 2. The number of aryl methyl sites for hydroxylation is 1. The van der Waals surface area contributed by atoms with Gasteiger partial charge in [-0.3, -0.25) is 4.98 Å². The van der Waals surface area contributed by atoms with Crippen LogP contribution in [-0.2, 0) is 6.42 Å². The maximum atomic E-state index is 6.29. The topological polar surface area (TPSA) is 24.9 Å². The van der Waals surface area contributed by atoms with E-state index in [0.717, 1.165) is 38.7 Å². The molecule has 0 aliphatic carbocycles. The van der Waals surface area contributed by atoms with Crippen LogP contribution in [0.3, 0.4) is 0 Å². The van der Waals surface area contributed by atoms with Crippen LogP contribution in [0.2, 0.25) is 10.0 Å². The summed E-state index contributed by atoms with van der Waals surface area (Å²) < 4.78 is 0.781. The zero-order valence-corrected chi connectivity index (χ0v) is 13.5. The molecule has 0 aliphatic rings. The van der Waals surface area contributed by atoms with Crippen LogP contribution < -0.4 is 5.32 Å². The second kappa shape index (κ2) is 5.24. The van der Waals surface area contributed by atoms with Crippen LogP contribution in [0, 0.1) is 6.92 Å². The lowest BCUT2D eigenvalue weighted by Crippen LogP contribution is -2.01. The first-order chi connectivity index (χ1) is 8.51. The third-order valence-electron chi connectivity index (χ3n) is 3.05. The molecule has 2 rings (SSSR count). The molecule has 0 fully saturated rings. The first-order valence-electron chi connectivity index (χ1n) is 5.65. The molecule has 1 heterocycles. The minimum Gasteiger partial charge on any atom is -0.387 e. The summed E-state index contributed by atoms with van der Waals surface area (Å²) in [5.41, 5.74) is 3.98. The third kappa shape index (κ3) is 2.09. The lowest BCUT2D eigenvalue weighted by molar-refractivity contribution is 1.03. The number of pyridine rings is 1. The number of aromatic nitrogens is 1. The number of anilines is 1. The van der Waals surface area contributed by atoms with Gasteiger partial charge in [0.15, 0.2) is 0 Å². The van der Waals surface area contributed by atoms with Gasteiger partial charge in [-0.2, -0.15) is 0 Å².